The number of piperidine rings is 1. The molecule has 11 heteroatoms. The number of nitriles is 1. The number of aryl methyl sites for hydroxylation is 3. The van der Waals surface area contributed by atoms with E-state index in [4.69, 9.17) is 4.74 Å². The van der Waals surface area contributed by atoms with Crippen molar-refractivity contribution in [2.45, 2.75) is 46.1 Å². The Morgan fingerprint density at radius 3 is 2.46 bits per heavy atom. The number of ether oxygens (including phenoxy) is 1. The number of carbonyl (C=O) groups excluding carboxylic acids is 1. The van der Waals surface area contributed by atoms with Crippen molar-refractivity contribution in [1.29, 1.82) is 5.26 Å². The standard InChI is InChI=1S/C35H35N5O5S/c1-23-7-11-27(19-24(23)2)37-33(41)29(22-36)35-39(18-15-25-8-12-28(45-3)13-9-25)34(42)32(46-35)21-26-10-14-30(31(20-26)40(43)44)38-16-5-4-6-17-38/h7-14,19-21H,4-6,15-18H2,1-3H3,(H,37,41)/b32-21+,35-29-. The number of benzene rings is 3. The third kappa shape index (κ3) is 7.19. The lowest BCUT2D eigenvalue weighted by atomic mass is 10.1. The Kier molecular flexibility index (Phi) is 9.98. The maximum Gasteiger partial charge on any atom is 0.293 e. The van der Waals surface area contributed by atoms with E-state index < -0.39 is 10.8 Å². The summed E-state index contributed by atoms with van der Waals surface area (Å²) >= 11 is 1.02. The highest BCUT2D eigenvalue weighted by atomic mass is 32.1. The molecule has 5 rings (SSSR count). The van der Waals surface area contributed by atoms with Gasteiger partial charge in [0.05, 0.1) is 16.6 Å². The minimum atomic E-state index is -0.627. The zero-order valence-electron chi connectivity index (χ0n) is 26.0. The number of anilines is 2. The first-order valence-corrected chi connectivity index (χ1v) is 15.9. The van der Waals surface area contributed by atoms with Gasteiger partial charge in [-0.3, -0.25) is 24.3 Å². The number of amides is 1. The van der Waals surface area contributed by atoms with E-state index in [2.05, 4.69) is 5.32 Å². The summed E-state index contributed by atoms with van der Waals surface area (Å²) in [6.07, 6.45) is 5.11. The van der Waals surface area contributed by atoms with E-state index >= 15 is 0 Å². The monoisotopic (exact) mass is 637 g/mol. The molecular formula is C35H35N5O5S. The molecule has 0 bridgehead atoms. The molecule has 1 N–H and O–H groups in total. The van der Waals surface area contributed by atoms with Gasteiger partial charge in [-0.2, -0.15) is 5.26 Å². The highest BCUT2D eigenvalue weighted by Crippen LogP contribution is 2.31. The van der Waals surface area contributed by atoms with Gasteiger partial charge >= 0.3 is 0 Å². The average Bonchev–Trinajstić information content (AvgIpc) is 3.36. The van der Waals surface area contributed by atoms with Gasteiger partial charge in [0.15, 0.2) is 5.57 Å². The highest BCUT2D eigenvalue weighted by Gasteiger charge is 2.22. The first kappa shape index (κ1) is 32.2. The van der Waals surface area contributed by atoms with E-state index in [1.807, 2.05) is 61.2 Å². The lowest BCUT2D eigenvalue weighted by Gasteiger charge is -2.28. The predicted octanol–water partition coefficient (Wildman–Crippen LogP) is 4.82. The molecule has 0 radical (unpaired) electrons. The van der Waals surface area contributed by atoms with Crippen LogP contribution in [0.4, 0.5) is 17.1 Å². The van der Waals surface area contributed by atoms with Gasteiger partial charge in [0.25, 0.3) is 17.2 Å². The molecule has 0 atom stereocenters. The lowest BCUT2D eigenvalue weighted by Crippen LogP contribution is -2.34. The number of rotatable bonds is 9. The third-order valence-electron chi connectivity index (χ3n) is 8.20. The van der Waals surface area contributed by atoms with E-state index in [1.165, 1.54) is 10.6 Å². The van der Waals surface area contributed by atoms with Crippen LogP contribution < -0.4 is 29.7 Å². The molecule has 4 aromatic rings. The molecule has 0 spiro atoms. The van der Waals surface area contributed by atoms with E-state index in [1.54, 1.807) is 31.4 Å². The van der Waals surface area contributed by atoms with Crippen LogP contribution in [0.2, 0.25) is 0 Å². The zero-order valence-corrected chi connectivity index (χ0v) is 26.9. The number of aromatic nitrogens is 1. The normalized spacial score (nSPS) is 14.0. The zero-order chi connectivity index (χ0) is 32.8. The molecule has 1 aliphatic rings. The van der Waals surface area contributed by atoms with Crippen LogP contribution >= 0.6 is 11.3 Å². The van der Waals surface area contributed by atoms with Gasteiger partial charge in [-0.1, -0.05) is 24.3 Å². The van der Waals surface area contributed by atoms with E-state index in [9.17, 15) is 25.0 Å². The molecule has 236 valence electrons. The molecule has 1 saturated heterocycles. The molecule has 0 aliphatic carbocycles. The molecular weight excluding hydrogens is 602 g/mol. The summed E-state index contributed by atoms with van der Waals surface area (Å²) in [5.41, 5.74) is 3.98. The maximum atomic E-state index is 13.9. The summed E-state index contributed by atoms with van der Waals surface area (Å²) in [5.74, 6) is 0.0795. The molecule has 1 aromatic heterocycles. The Morgan fingerprint density at radius 1 is 1.07 bits per heavy atom. The summed E-state index contributed by atoms with van der Waals surface area (Å²) in [6.45, 7) is 5.62. The first-order valence-electron chi connectivity index (χ1n) is 15.1. The number of hydrogen-bond donors (Lipinski definition) is 1. The fraction of sp³-hybridized carbons (Fsp3) is 0.286. The van der Waals surface area contributed by atoms with Gasteiger partial charge in [0.2, 0.25) is 0 Å². The van der Waals surface area contributed by atoms with Gasteiger partial charge in [-0.25, -0.2) is 0 Å². The highest BCUT2D eigenvalue weighted by molar-refractivity contribution is 7.07. The van der Waals surface area contributed by atoms with Crippen molar-refractivity contribution >= 4 is 46.0 Å². The third-order valence-corrected chi connectivity index (χ3v) is 9.33. The second-order valence-electron chi connectivity index (χ2n) is 11.3. The van der Waals surface area contributed by atoms with Crippen LogP contribution in [0.5, 0.6) is 5.75 Å². The molecule has 10 nitrogen and oxygen atoms in total. The average molecular weight is 638 g/mol. The summed E-state index contributed by atoms with van der Waals surface area (Å²) in [5, 5.41) is 25.0. The minimum absolute atomic E-state index is 0.0238. The van der Waals surface area contributed by atoms with Crippen LogP contribution in [-0.2, 0) is 17.8 Å². The van der Waals surface area contributed by atoms with Crippen LogP contribution in [0, 0.1) is 35.3 Å². The number of methoxy groups -OCH3 is 1. The van der Waals surface area contributed by atoms with Gasteiger partial charge in [-0.15, -0.1) is 11.3 Å². The lowest BCUT2D eigenvalue weighted by molar-refractivity contribution is -0.384. The smallest absolute Gasteiger partial charge is 0.293 e. The summed E-state index contributed by atoms with van der Waals surface area (Å²) in [4.78, 5) is 41.0. The van der Waals surface area contributed by atoms with Gasteiger partial charge < -0.3 is 15.0 Å². The molecule has 1 aliphatic heterocycles. The summed E-state index contributed by atoms with van der Waals surface area (Å²) < 4.78 is 7.16. The number of nitrogens with one attached hydrogen (secondary N) is 1. The molecule has 46 heavy (non-hydrogen) atoms. The van der Waals surface area contributed by atoms with Gasteiger partial charge in [0.1, 0.15) is 22.2 Å². The van der Waals surface area contributed by atoms with Crippen LogP contribution in [0.3, 0.4) is 0 Å². The SMILES string of the molecule is COc1ccc(CCn2c(=O)/c(=C\c3ccc(N4CCCCC4)c([N+](=O)[O-])c3)s/c2=C(/C#N)C(=O)Nc2ccc(C)c(C)c2)cc1. The van der Waals surface area contributed by atoms with E-state index in [0.29, 0.717) is 29.1 Å². The van der Waals surface area contributed by atoms with Crippen LogP contribution in [0.15, 0.2) is 65.5 Å². The van der Waals surface area contributed by atoms with Crippen molar-refractivity contribution in [2.75, 3.05) is 30.4 Å². The second-order valence-corrected chi connectivity index (χ2v) is 12.3. The van der Waals surface area contributed by atoms with Crippen molar-refractivity contribution in [1.82, 2.24) is 4.57 Å². The van der Waals surface area contributed by atoms with E-state index in [0.717, 1.165) is 60.4 Å². The van der Waals surface area contributed by atoms with Crippen molar-refractivity contribution in [2.24, 2.45) is 0 Å². The molecule has 1 amide bonds. The second kappa shape index (κ2) is 14.3. The Morgan fingerprint density at radius 2 is 1.80 bits per heavy atom. The van der Waals surface area contributed by atoms with Crippen molar-refractivity contribution in [3.8, 4) is 11.8 Å². The van der Waals surface area contributed by atoms with E-state index in [-0.39, 0.29) is 32.6 Å². The predicted molar refractivity (Wildman–Crippen MR) is 181 cm³/mol. The first-order chi connectivity index (χ1) is 22.2. The number of nitro benzene ring substituents is 1. The molecule has 1 fully saturated rings. The van der Waals surface area contributed by atoms with Gasteiger partial charge in [0, 0.05) is 31.4 Å². The summed E-state index contributed by atoms with van der Waals surface area (Å²) in [6, 6.07) is 19.9. The number of hydrogen-bond acceptors (Lipinski definition) is 8. The molecule has 3 aromatic carbocycles. The van der Waals surface area contributed by atoms with Crippen molar-refractivity contribution in [3.63, 3.8) is 0 Å². The van der Waals surface area contributed by atoms with Crippen LogP contribution in [0.1, 0.15) is 41.5 Å². The Labute approximate surface area is 270 Å². The number of nitro groups is 1. The van der Waals surface area contributed by atoms with Crippen molar-refractivity contribution < 1.29 is 14.5 Å². The summed E-state index contributed by atoms with van der Waals surface area (Å²) in [7, 11) is 1.59. The number of nitrogens with zero attached hydrogens (tertiary/aromatic N) is 4. The Hall–Kier alpha value is -5.21. The Balaban J connectivity index is 1.59. The quantitative estimate of drug-likeness (QED) is 0.206. The van der Waals surface area contributed by atoms with Crippen molar-refractivity contribution in [3.05, 3.63) is 113 Å². The largest absolute Gasteiger partial charge is 0.497 e. The molecule has 0 saturated carbocycles. The Bertz CT molecular complexity index is 2000. The number of carbonyl (C=O) groups is 1. The molecule has 2 heterocycles. The minimum Gasteiger partial charge on any atom is -0.497 e. The molecule has 0 unspecified atom stereocenters. The number of thiazole rings is 1. The fourth-order valence-electron chi connectivity index (χ4n) is 5.48. The maximum absolute atomic E-state index is 13.9. The van der Waals surface area contributed by atoms with Gasteiger partial charge in [-0.05, 0) is 98.2 Å². The van der Waals surface area contributed by atoms with Crippen LogP contribution in [0.25, 0.3) is 11.6 Å². The van der Waals surface area contributed by atoms with Crippen LogP contribution in [-0.4, -0.2) is 35.6 Å². The topological polar surface area (TPSA) is 130 Å². The fourth-order valence-corrected chi connectivity index (χ4v) is 6.61.